The third kappa shape index (κ3) is 2.06. The quantitative estimate of drug-likeness (QED) is 0.630. The van der Waals surface area contributed by atoms with Crippen molar-refractivity contribution in [3.8, 4) is 11.3 Å². The molecule has 0 atom stereocenters. The molecule has 3 rings (SSSR count). The van der Waals surface area contributed by atoms with E-state index in [1.807, 2.05) is 36.4 Å². The van der Waals surface area contributed by atoms with Crippen molar-refractivity contribution < 1.29 is 0 Å². The highest BCUT2D eigenvalue weighted by molar-refractivity contribution is 9.10. The Hall–Kier alpha value is -1.74. The molecule has 2 nitrogen and oxygen atoms in total. The summed E-state index contributed by atoms with van der Waals surface area (Å²) in [5.74, 6) is 0. The van der Waals surface area contributed by atoms with Crippen LogP contribution in [-0.2, 0) is 0 Å². The topological polar surface area (TPSA) is 25.8 Å². The van der Waals surface area contributed by atoms with Gasteiger partial charge in [0.05, 0.1) is 11.2 Å². The van der Waals surface area contributed by atoms with Gasteiger partial charge in [0.25, 0.3) is 0 Å². The number of halogens is 1. The number of nitrogens with zero attached hydrogens (tertiary/aromatic N) is 2. The van der Waals surface area contributed by atoms with Crippen molar-refractivity contribution in [1.82, 2.24) is 9.97 Å². The summed E-state index contributed by atoms with van der Waals surface area (Å²) in [6.45, 7) is 0. The van der Waals surface area contributed by atoms with Gasteiger partial charge in [-0.2, -0.15) is 0 Å². The molecular weight excluding hydrogens is 276 g/mol. The minimum atomic E-state index is 0.848. The van der Waals surface area contributed by atoms with Gasteiger partial charge in [-0.15, -0.1) is 0 Å². The maximum Gasteiger partial charge on any atom is 0.106 e. The average molecular weight is 285 g/mol. The molecule has 2 heterocycles. The lowest BCUT2D eigenvalue weighted by atomic mass is 10.1. The summed E-state index contributed by atoms with van der Waals surface area (Å²) in [5, 5.41) is 1.13. The molecule has 0 fully saturated rings. The first-order valence-corrected chi connectivity index (χ1v) is 6.10. The Labute approximate surface area is 107 Å². The summed E-state index contributed by atoms with van der Waals surface area (Å²) in [5.41, 5.74) is 3.07. The van der Waals surface area contributed by atoms with Crippen LogP contribution in [0.15, 0.2) is 59.3 Å². The Kier molecular flexibility index (Phi) is 2.61. The second kappa shape index (κ2) is 4.26. The minimum Gasteiger partial charge on any atom is -0.256 e. The Bertz CT molecular complexity index is 680. The highest BCUT2D eigenvalue weighted by atomic mass is 79.9. The van der Waals surface area contributed by atoms with Gasteiger partial charge in [0.2, 0.25) is 0 Å². The van der Waals surface area contributed by atoms with Crippen molar-refractivity contribution in [2.45, 2.75) is 0 Å². The van der Waals surface area contributed by atoms with Crippen molar-refractivity contribution in [1.29, 1.82) is 0 Å². The predicted molar refractivity (Wildman–Crippen MR) is 72.7 cm³/mol. The summed E-state index contributed by atoms with van der Waals surface area (Å²) in [7, 11) is 0. The molecule has 3 aromatic rings. The Morgan fingerprint density at radius 3 is 2.76 bits per heavy atom. The molecule has 0 aliphatic rings. The molecule has 0 aliphatic heterocycles. The van der Waals surface area contributed by atoms with Gasteiger partial charge in [0, 0.05) is 17.1 Å². The minimum absolute atomic E-state index is 0.848. The van der Waals surface area contributed by atoms with E-state index >= 15 is 0 Å². The summed E-state index contributed by atoms with van der Waals surface area (Å²) < 4.78 is 0.848. The van der Waals surface area contributed by atoms with Crippen LogP contribution >= 0.6 is 15.9 Å². The number of benzene rings is 1. The maximum absolute atomic E-state index is 4.45. The van der Waals surface area contributed by atoms with Gasteiger partial charge in [-0.05, 0) is 46.3 Å². The maximum atomic E-state index is 4.45. The lowest BCUT2D eigenvalue weighted by Gasteiger charge is -2.03. The summed E-state index contributed by atoms with van der Waals surface area (Å²) >= 11 is 3.39. The Morgan fingerprint density at radius 1 is 0.941 bits per heavy atom. The van der Waals surface area contributed by atoms with Crippen molar-refractivity contribution in [2.24, 2.45) is 0 Å². The molecule has 1 aromatic carbocycles. The average Bonchev–Trinajstić information content (AvgIpc) is 2.38. The van der Waals surface area contributed by atoms with Gasteiger partial charge in [-0.1, -0.05) is 18.2 Å². The van der Waals surface area contributed by atoms with E-state index in [-0.39, 0.29) is 0 Å². The van der Waals surface area contributed by atoms with Crippen LogP contribution in [0.25, 0.3) is 22.2 Å². The molecule has 0 saturated heterocycles. The Morgan fingerprint density at radius 2 is 1.88 bits per heavy atom. The molecule has 0 amide bonds. The van der Waals surface area contributed by atoms with E-state index in [2.05, 4.69) is 38.0 Å². The monoisotopic (exact) mass is 284 g/mol. The third-order valence-corrected chi connectivity index (χ3v) is 3.06. The van der Waals surface area contributed by atoms with Gasteiger partial charge in [-0.25, -0.2) is 4.98 Å². The first-order chi connectivity index (χ1) is 8.33. The zero-order chi connectivity index (χ0) is 11.7. The summed E-state index contributed by atoms with van der Waals surface area (Å²) in [6, 6.07) is 16.1. The molecule has 0 bridgehead atoms. The van der Waals surface area contributed by atoms with Crippen LogP contribution in [0.3, 0.4) is 0 Å². The van der Waals surface area contributed by atoms with Gasteiger partial charge < -0.3 is 0 Å². The number of fused-ring (bicyclic) bond motifs is 1. The number of hydrogen-bond donors (Lipinski definition) is 0. The second-order valence-corrected chi connectivity index (χ2v) is 4.57. The van der Waals surface area contributed by atoms with Gasteiger partial charge in [0.1, 0.15) is 4.60 Å². The van der Waals surface area contributed by atoms with Crippen molar-refractivity contribution in [3.05, 3.63) is 59.3 Å². The number of pyridine rings is 2. The highest BCUT2D eigenvalue weighted by Gasteiger charge is 2.01. The fourth-order valence-corrected chi connectivity index (χ4v) is 2.15. The fourth-order valence-electron chi connectivity index (χ4n) is 1.80. The molecule has 0 saturated carbocycles. The van der Waals surface area contributed by atoms with Crippen LogP contribution in [0.1, 0.15) is 0 Å². The number of hydrogen-bond acceptors (Lipinski definition) is 2. The van der Waals surface area contributed by atoms with E-state index in [0.717, 1.165) is 26.8 Å². The van der Waals surface area contributed by atoms with Crippen molar-refractivity contribution in [3.63, 3.8) is 0 Å². The zero-order valence-electron chi connectivity index (χ0n) is 8.97. The van der Waals surface area contributed by atoms with Crippen LogP contribution in [-0.4, -0.2) is 9.97 Å². The first kappa shape index (κ1) is 10.4. The van der Waals surface area contributed by atoms with Gasteiger partial charge in [0.15, 0.2) is 0 Å². The third-order valence-electron chi connectivity index (χ3n) is 2.61. The summed E-state index contributed by atoms with van der Waals surface area (Å²) in [6.07, 6.45) is 1.80. The molecule has 17 heavy (non-hydrogen) atoms. The van der Waals surface area contributed by atoms with Crippen molar-refractivity contribution in [2.75, 3.05) is 0 Å². The normalized spacial score (nSPS) is 10.6. The number of rotatable bonds is 1. The SMILES string of the molecule is Brc1cccc(-c2ccc3ncccc3c2)n1. The van der Waals surface area contributed by atoms with Gasteiger partial charge >= 0.3 is 0 Å². The predicted octanol–water partition coefficient (Wildman–Crippen LogP) is 4.06. The lowest BCUT2D eigenvalue weighted by Crippen LogP contribution is -1.85. The van der Waals surface area contributed by atoms with E-state index in [4.69, 9.17) is 0 Å². The molecule has 0 aliphatic carbocycles. The van der Waals surface area contributed by atoms with Crippen LogP contribution < -0.4 is 0 Å². The summed E-state index contributed by atoms with van der Waals surface area (Å²) in [4.78, 5) is 8.75. The van der Waals surface area contributed by atoms with E-state index < -0.39 is 0 Å². The zero-order valence-corrected chi connectivity index (χ0v) is 10.6. The molecular formula is C14H9BrN2. The molecule has 2 aromatic heterocycles. The van der Waals surface area contributed by atoms with E-state index in [0.29, 0.717) is 0 Å². The van der Waals surface area contributed by atoms with E-state index in [1.54, 1.807) is 6.20 Å². The van der Waals surface area contributed by atoms with Crippen LogP contribution in [0.2, 0.25) is 0 Å². The van der Waals surface area contributed by atoms with Gasteiger partial charge in [-0.3, -0.25) is 4.98 Å². The smallest absolute Gasteiger partial charge is 0.106 e. The molecule has 82 valence electrons. The van der Waals surface area contributed by atoms with E-state index in [1.165, 1.54) is 0 Å². The Balaban J connectivity index is 2.18. The van der Waals surface area contributed by atoms with Crippen LogP contribution in [0.5, 0.6) is 0 Å². The first-order valence-electron chi connectivity index (χ1n) is 5.31. The van der Waals surface area contributed by atoms with E-state index in [9.17, 15) is 0 Å². The molecule has 0 N–H and O–H groups in total. The highest BCUT2D eigenvalue weighted by Crippen LogP contribution is 2.22. The fraction of sp³-hybridized carbons (Fsp3) is 0. The van der Waals surface area contributed by atoms with Crippen molar-refractivity contribution >= 4 is 26.8 Å². The molecule has 3 heteroatoms. The molecule has 0 radical (unpaired) electrons. The lowest BCUT2D eigenvalue weighted by molar-refractivity contribution is 1.28. The number of aromatic nitrogens is 2. The largest absolute Gasteiger partial charge is 0.256 e. The van der Waals surface area contributed by atoms with Crippen LogP contribution in [0, 0.1) is 0 Å². The standard InChI is InChI=1S/C14H9BrN2/c15-14-5-1-4-13(17-14)11-6-7-12-10(9-11)3-2-8-16-12/h1-9H. The second-order valence-electron chi connectivity index (χ2n) is 3.76. The molecule has 0 unspecified atom stereocenters. The molecule has 0 spiro atoms. The van der Waals surface area contributed by atoms with Crippen LogP contribution in [0.4, 0.5) is 0 Å².